The summed E-state index contributed by atoms with van der Waals surface area (Å²) < 4.78 is 27.0. The zero-order valence-corrected chi connectivity index (χ0v) is 15.7. The van der Waals surface area contributed by atoms with Gasteiger partial charge in [-0.05, 0) is 30.2 Å². The fraction of sp³-hybridized carbons (Fsp3) is 0.278. The number of amides is 1. The van der Waals surface area contributed by atoms with E-state index in [1.165, 1.54) is 16.1 Å². The van der Waals surface area contributed by atoms with Crippen LogP contribution in [-0.4, -0.2) is 30.9 Å². The van der Waals surface area contributed by atoms with Gasteiger partial charge in [-0.15, -0.1) is 11.8 Å². The fourth-order valence-electron chi connectivity index (χ4n) is 2.66. The Morgan fingerprint density at radius 3 is 2.56 bits per heavy atom. The predicted molar refractivity (Wildman–Crippen MR) is 100 cm³/mol. The van der Waals surface area contributed by atoms with Gasteiger partial charge in [0.15, 0.2) is 0 Å². The third kappa shape index (κ3) is 3.73. The van der Waals surface area contributed by atoms with Crippen molar-refractivity contribution in [2.75, 3.05) is 12.4 Å². The molecule has 0 aliphatic carbocycles. The molecule has 132 valence electrons. The third-order valence-electron chi connectivity index (χ3n) is 4.10. The molecule has 3 rings (SSSR count). The first-order valence-electron chi connectivity index (χ1n) is 8.03. The van der Waals surface area contributed by atoms with Crippen molar-refractivity contribution in [2.45, 2.75) is 34.9 Å². The number of carbonyl (C=O) groups is 1. The van der Waals surface area contributed by atoms with E-state index in [1.807, 2.05) is 37.3 Å². The molecule has 7 heteroatoms. The van der Waals surface area contributed by atoms with Crippen molar-refractivity contribution in [3.05, 3.63) is 54.1 Å². The fourth-order valence-corrected chi connectivity index (χ4v) is 4.87. The molecular weight excluding hydrogens is 356 g/mol. The van der Waals surface area contributed by atoms with Crippen molar-refractivity contribution in [1.82, 2.24) is 4.31 Å². The number of carbonyl (C=O) groups excluding carboxylic acids is 1. The molecule has 1 atom stereocenters. The second kappa shape index (κ2) is 7.19. The van der Waals surface area contributed by atoms with Crippen LogP contribution in [0.25, 0.3) is 0 Å². The second-order valence-electron chi connectivity index (χ2n) is 5.91. The monoisotopic (exact) mass is 376 g/mol. The molecule has 0 saturated heterocycles. The molecule has 25 heavy (non-hydrogen) atoms. The van der Waals surface area contributed by atoms with Gasteiger partial charge >= 0.3 is 0 Å². The molecule has 0 bridgehead atoms. The maximum Gasteiger partial charge on any atom is 0.243 e. The Hall–Kier alpha value is -1.83. The van der Waals surface area contributed by atoms with Crippen LogP contribution in [0.5, 0.6) is 0 Å². The van der Waals surface area contributed by atoms with E-state index in [2.05, 4.69) is 5.32 Å². The number of anilines is 1. The van der Waals surface area contributed by atoms with Crippen molar-refractivity contribution < 1.29 is 13.2 Å². The van der Waals surface area contributed by atoms with Crippen molar-refractivity contribution in [1.29, 1.82) is 0 Å². The van der Waals surface area contributed by atoms with Crippen LogP contribution in [0.15, 0.2) is 58.3 Å². The number of nitrogens with one attached hydrogen (secondary N) is 1. The largest absolute Gasteiger partial charge is 0.324 e. The highest BCUT2D eigenvalue weighted by Crippen LogP contribution is 2.38. The van der Waals surface area contributed by atoms with E-state index in [1.54, 1.807) is 25.2 Å². The SMILES string of the molecule is CC[C@@H]1Sc2ccc(S(=O)(=O)N(C)Cc3ccccc3)cc2NC1=O. The van der Waals surface area contributed by atoms with Crippen LogP contribution in [0.3, 0.4) is 0 Å². The van der Waals surface area contributed by atoms with Gasteiger partial charge in [0.1, 0.15) is 0 Å². The van der Waals surface area contributed by atoms with E-state index in [4.69, 9.17) is 0 Å². The van der Waals surface area contributed by atoms with Crippen molar-refractivity contribution in [3.8, 4) is 0 Å². The van der Waals surface area contributed by atoms with E-state index in [0.717, 1.165) is 16.9 Å². The van der Waals surface area contributed by atoms with Gasteiger partial charge in [-0.25, -0.2) is 8.42 Å². The highest BCUT2D eigenvalue weighted by atomic mass is 32.2. The van der Waals surface area contributed by atoms with Gasteiger partial charge in [-0.3, -0.25) is 4.79 Å². The summed E-state index contributed by atoms with van der Waals surface area (Å²) in [5, 5.41) is 2.69. The summed E-state index contributed by atoms with van der Waals surface area (Å²) in [6, 6.07) is 14.4. The lowest BCUT2D eigenvalue weighted by molar-refractivity contribution is -0.115. The smallest absolute Gasteiger partial charge is 0.243 e. The van der Waals surface area contributed by atoms with Gasteiger partial charge in [0, 0.05) is 18.5 Å². The van der Waals surface area contributed by atoms with Crippen LogP contribution < -0.4 is 5.32 Å². The van der Waals surface area contributed by atoms with E-state index in [0.29, 0.717) is 12.2 Å². The molecule has 1 aliphatic heterocycles. The summed E-state index contributed by atoms with van der Waals surface area (Å²) in [6.45, 7) is 2.25. The van der Waals surface area contributed by atoms with Crippen LogP contribution in [0.4, 0.5) is 5.69 Å². The van der Waals surface area contributed by atoms with Crippen molar-refractivity contribution >= 4 is 33.4 Å². The van der Waals surface area contributed by atoms with Gasteiger partial charge < -0.3 is 5.32 Å². The summed E-state index contributed by atoms with van der Waals surface area (Å²) in [6.07, 6.45) is 0.732. The van der Waals surface area contributed by atoms with Crippen LogP contribution in [0, 0.1) is 0 Å². The van der Waals surface area contributed by atoms with Gasteiger partial charge in [0.25, 0.3) is 0 Å². The molecule has 2 aromatic rings. The van der Waals surface area contributed by atoms with Crippen LogP contribution in [0.1, 0.15) is 18.9 Å². The minimum atomic E-state index is -3.63. The lowest BCUT2D eigenvalue weighted by Crippen LogP contribution is -2.29. The number of rotatable bonds is 5. The maximum absolute atomic E-state index is 12.8. The second-order valence-corrected chi connectivity index (χ2v) is 9.20. The number of hydrogen-bond acceptors (Lipinski definition) is 4. The standard InChI is InChI=1S/C18H20N2O3S2/c1-3-16-18(21)19-15-11-14(9-10-17(15)24-16)25(22,23)20(2)12-13-7-5-4-6-8-13/h4-11,16H,3,12H2,1-2H3,(H,19,21)/t16-/m0/s1. The Kier molecular flexibility index (Phi) is 5.17. The molecule has 0 unspecified atom stereocenters. The van der Waals surface area contributed by atoms with Crippen LogP contribution in [0.2, 0.25) is 0 Å². The number of hydrogen-bond donors (Lipinski definition) is 1. The number of fused-ring (bicyclic) bond motifs is 1. The Morgan fingerprint density at radius 1 is 1.16 bits per heavy atom. The van der Waals surface area contributed by atoms with Crippen molar-refractivity contribution in [3.63, 3.8) is 0 Å². The number of thioether (sulfide) groups is 1. The summed E-state index contributed by atoms with van der Waals surface area (Å²) in [5.41, 5.74) is 1.48. The van der Waals surface area contributed by atoms with Gasteiger partial charge in [-0.2, -0.15) is 4.31 Å². The van der Waals surface area contributed by atoms with E-state index in [-0.39, 0.29) is 16.1 Å². The number of benzene rings is 2. The number of sulfonamides is 1. The molecule has 2 aromatic carbocycles. The molecule has 0 saturated carbocycles. The van der Waals surface area contributed by atoms with E-state index in [9.17, 15) is 13.2 Å². The minimum Gasteiger partial charge on any atom is -0.324 e. The zero-order chi connectivity index (χ0) is 18.0. The molecular formula is C18H20N2O3S2. The summed E-state index contributed by atoms with van der Waals surface area (Å²) >= 11 is 1.47. The Bertz CT molecular complexity index is 882. The van der Waals surface area contributed by atoms with Gasteiger partial charge in [-0.1, -0.05) is 37.3 Å². The molecule has 0 radical (unpaired) electrons. The molecule has 0 aromatic heterocycles. The molecule has 1 aliphatic rings. The molecule has 1 N–H and O–H groups in total. The van der Waals surface area contributed by atoms with Crippen molar-refractivity contribution in [2.24, 2.45) is 0 Å². The van der Waals surface area contributed by atoms with Gasteiger partial charge in [0.2, 0.25) is 15.9 Å². The first-order chi connectivity index (χ1) is 11.9. The highest BCUT2D eigenvalue weighted by molar-refractivity contribution is 8.01. The molecule has 1 heterocycles. The quantitative estimate of drug-likeness (QED) is 0.869. The van der Waals surface area contributed by atoms with E-state index >= 15 is 0 Å². The molecule has 0 spiro atoms. The Labute approximate surface area is 152 Å². The van der Waals surface area contributed by atoms with E-state index < -0.39 is 10.0 Å². The highest BCUT2D eigenvalue weighted by Gasteiger charge is 2.28. The lowest BCUT2D eigenvalue weighted by atomic mass is 10.2. The normalized spacial score (nSPS) is 17.2. The average Bonchev–Trinajstić information content (AvgIpc) is 2.61. The van der Waals surface area contributed by atoms with Crippen LogP contribution in [-0.2, 0) is 21.4 Å². The first kappa shape index (κ1) is 18.0. The van der Waals surface area contributed by atoms with Crippen LogP contribution >= 0.6 is 11.8 Å². The summed E-state index contributed by atoms with van der Waals surface area (Å²) in [5.74, 6) is -0.0767. The third-order valence-corrected chi connectivity index (χ3v) is 7.34. The predicted octanol–water partition coefficient (Wildman–Crippen LogP) is 3.33. The molecule has 0 fully saturated rings. The van der Waals surface area contributed by atoms with Gasteiger partial charge in [0.05, 0.1) is 15.8 Å². The summed E-state index contributed by atoms with van der Waals surface area (Å²) in [7, 11) is -2.08. The minimum absolute atomic E-state index is 0.0767. The molecule has 5 nitrogen and oxygen atoms in total. The Morgan fingerprint density at radius 2 is 1.88 bits per heavy atom. The Balaban J connectivity index is 1.86. The summed E-state index contributed by atoms with van der Waals surface area (Å²) in [4.78, 5) is 13.1. The average molecular weight is 377 g/mol. The lowest BCUT2D eigenvalue weighted by Gasteiger charge is -2.24. The topological polar surface area (TPSA) is 66.5 Å². The maximum atomic E-state index is 12.8. The molecule has 1 amide bonds. The first-order valence-corrected chi connectivity index (χ1v) is 10.4. The zero-order valence-electron chi connectivity index (χ0n) is 14.1. The number of nitrogens with zero attached hydrogens (tertiary/aromatic N) is 1.